The molecule has 11 heteroatoms. The number of pyridine rings is 1. The molecule has 38 heavy (non-hydrogen) atoms. The third kappa shape index (κ3) is 6.39. The highest BCUT2D eigenvalue weighted by Crippen LogP contribution is 2.37. The van der Waals surface area contributed by atoms with E-state index in [9.17, 15) is 9.59 Å². The number of ketones is 1. The van der Waals surface area contributed by atoms with Gasteiger partial charge in [0.1, 0.15) is 17.2 Å². The Morgan fingerprint density at radius 2 is 2.00 bits per heavy atom. The summed E-state index contributed by atoms with van der Waals surface area (Å²) in [6.07, 6.45) is 7.47. The Kier molecular flexibility index (Phi) is 7.89. The molecule has 1 aliphatic carbocycles. The van der Waals surface area contributed by atoms with Crippen LogP contribution in [0.25, 0.3) is 11.4 Å². The van der Waals surface area contributed by atoms with Gasteiger partial charge in [-0.15, -0.1) is 0 Å². The number of rotatable bonds is 11. The molecule has 0 spiro atoms. The van der Waals surface area contributed by atoms with E-state index in [0.29, 0.717) is 35.2 Å². The third-order valence-electron chi connectivity index (χ3n) is 7.43. The van der Waals surface area contributed by atoms with Crippen LogP contribution in [0.1, 0.15) is 57.3 Å². The first kappa shape index (κ1) is 27.7. The maximum absolute atomic E-state index is 13.0. The molecule has 0 aromatic carbocycles. The number of H-pyrrole nitrogens is 1. The van der Waals surface area contributed by atoms with Crippen molar-refractivity contribution in [1.82, 2.24) is 24.7 Å². The van der Waals surface area contributed by atoms with Crippen LogP contribution >= 0.6 is 0 Å². The van der Waals surface area contributed by atoms with E-state index in [0.717, 1.165) is 24.9 Å². The van der Waals surface area contributed by atoms with Crippen molar-refractivity contribution >= 4 is 31.4 Å². The number of aromatic amines is 1. The van der Waals surface area contributed by atoms with Crippen LogP contribution in [-0.4, -0.2) is 51.5 Å². The molecule has 1 atom stereocenters. The van der Waals surface area contributed by atoms with Gasteiger partial charge in [-0.3, -0.25) is 14.3 Å². The minimum Gasteiger partial charge on any atom is -0.417 e. The van der Waals surface area contributed by atoms with Gasteiger partial charge in [-0.2, -0.15) is 0 Å². The fourth-order valence-corrected chi connectivity index (χ4v) is 4.82. The zero-order valence-corrected chi connectivity index (χ0v) is 24.4. The van der Waals surface area contributed by atoms with Gasteiger partial charge in [0.05, 0.1) is 11.3 Å². The standard InChI is InChI=1S/C27H39N7O3Si/c1-17(11-13-37-38(6,7)27(2,3)4)31-21-14-23(29-15-19(21)24(35)18-8-9-18)32-22-10-12-28-25(33-22)20-16-30-34(5)26(20)36/h10,12,14-18,30H,8-9,11,13H2,1-7H3,(H2,28,29,31,32,33)/t17-/m0/s1. The maximum Gasteiger partial charge on any atom is 0.277 e. The molecule has 0 saturated heterocycles. The van der Waals surface area contributed by atoms with Crippen LogP contribution in [0.2, 0.25) is 18.1 Å². The molecule has 0 radical (unpaired) electrons. The molecule has 0 aliphatic heterocycles. The molecular weight excluding hydrogens is 498 g/mol. The average molecular weight is 538 g/mol. The summed E-state index contributed by atoms with van der Waals surface area (Å²) in [5.41, 5.74) is 1.52. The van der Waals surface area contributed by atoms with E-state index < -0.39 is 8.32 Å². The van der Waals surface area contributed by atoms with Gasteiger partial charge in [0.15, 0.2) is 19.9 Å². The Hall–Kier alpha value is -3.31. The second-order valence-electron chi connectivity index (χ2n) is 11.6. The number of hydrogen-bond donors (Lipinski definition) is 3. The van der Waals surface area contributed by atoms with Gasteiger partial charge in [0.2, 0.25) is 0 Å². The molecule has 4 rings (SSSR count). The predicted molar refractivity (Wildman–Crippen MR) is 152 cm³/mol. The molecule has 0 bridgehead atoms. The number of nitrogens with zero attached hydrogens (tertiary/aromatic N) is 4. The largest absolute Gasteiger partial charge is 0.417 e. The Bertz CT molecular complexity index is 1360. The van der Waals surface area contributed by atoms with Gasteiger partial charge in [0.25, 0.3) is 5.56 Å². The van der Waals surface area contributed by atoms with Gasteiger partial charge in [0, 0.05) is 50.3 Å². The fraction of sp³-hybridized carbons (Fsp3) is 0.519. The first-order valence-electron chi connectivity index (χ1n) is 13.2. The van der Waals surface area contributed by atoms with Crippen LogP contribution in [0.4, 0.5) is 17.3 Å². The topological polar surface area (TPSA) is 127 Å². The summed E-state index contributed by atoms with van der Waals surface area (Å²) < 4.78 is 7.72. The smallest absolute Gasteiger partial charge is 0.277 e. The Morgan fingerprint density at radius 1 is 1.26 bits per heavy atom. The molecular formula is C27H39N7O3Si. The summed E-state index contributed by atoms with van der Waals surface area (Å²) in [6.45, 7) is 14.0. The van der Waals surface area contributed by atoms with E-state index >= 15 is 0 Å². The lowest BCUT2D eigenvalue weighted by Gasteiger charge is -2.36. The Morgan fingerprint density at radius 3 is 2.63 bits per heavy atom. The lowest BCUT2D eigenvalue weighted by molar-refractivity contribution is 0.0968. The average Bonchev–Trinajstić information content (AvgIpc) is 3.63. The SMILES string of the molecule is C[C@@H](CCO[Si](C)(C)C(C)(C)C)Nc1cc(Nc2ccnc(-c3c[nH]n(C)c3=O)n2)ncc1C(=O)C1CC1. The number of nitrogens with one attached hydrogen (secondary N) is 3. The number of hydrogen-bond acceptors (Lipinski definition) is 8. The molecule has 10 nitrogen and oxygen atoms in total. The Balaban J connectivity index is 1.50. The molecule has 3 aromatic heterocycles. The van der Waals surface area contributed by atoms with Crippen molar-refractivity contribution in [3.63, 3.8) is 0 Å². The first-order chi connectivity index (χ1) is 17.9. The van der Waals surface area contributed by atoms with E-state index in [4.69, 9.17) is 4.43 Å². The van der Waals surface area contributed by atoms with E-state index in [2.05, 4.69) is 71.5 Å². The molecule has 0 unspecified atom stereocenters. The van der Waals surface area contributed by atoms with Crippen molar-refractivity contribution in [2.24, 2.45) is 13.0 Å². The van der Waals surface area contributed by atoms with Crippen molar-refractivity contribution in [1.29, 1.82) is 0 Å². The molecule has 1 fully saturated rings. The second kappa shape index (κ2) is 10.8. The minimum absolute atomic E-state index is 0.0850. The molecule has 3 aromatic rings. The lowest BCUT2D eigenvalue weighted by Crippen LogP contribution is -2.41. The van der Waals surface area contributed by atoms with Crippen LogP contribution in [-0.2, 0) is 11.5 Å². The van der Waals surface area contributed by atoms with E-state index in [-0.39, 0.29) is 28.3 Å². The lowest BCUT2D eigenvalue weighted by atomic mass is 10.1. The Labute approximate surface area is 224 Å². The van der Waals surface area contributed by atoms with Gasteiger partial charge in [-0.25, -0.2) is 15.0 Å². The van der Waals surface area contributed by atoms with Crippen molar-refractivity contribution < 1.29 is 9.22 Å². The van der Waals surface area contributed by atoms with E-state index in [1.54, 1.807) is 31.7 Å². The summed E-state index contributed by atoms with van der Waals surface area (Å²) in [5.74, 6) is 1.56. The van der Waals surface area contributed by atoms with Crippen molar-refractivity contribution in [2.75, 3.05) is 17.2 Å². The van der Waals surface area contributed by atoms with Gasteiger partial charge >= 0.3 is 0 Å². The van der Waals surface area contributed by atoms with Crippen molar-refractivity contribution in [2.45, 2.75) is 71.1 Å². The maximum atomic E-state index is 13.0. The molecule has 0 amide bonds. The molecule has 1 saturated carbocycles. The number of Topliss-reactive ketones (excluding diaryl/α,β-unsaturated/α-hetero) is 1. The molecule has 3 N–H and O–H groups in total. The highest BCUT2D eigenvalue weighted by Gasteiger charge is 2.37. The van der Waals surface area contributed by atoms with Gasteiger partial charge < -0.3 is 20.2 Å². The zero-order chi connectivity index (χ0) is 27.7. The van der Waals surface area contributed by atoms with Crippen LogP contribution < -0.4 is 16.2 Å². The van der Waals surface area contributed by atoms with Crippen LogP contribution in [0, 0.1) is 5.92 Å². The summed E-state index contributed by atoms with van der Waals surface area (Å²) >= 11 is 0. The third-order valence-corrected chi connectivity index (χ3v) is 12.0. The molecule has 204 valence electrons. The highest BCUT2D eigenvalue weighted by atomic mass is 28.4. The summed E-state index contributed by atoms with van der Waals surface area (Å²) in [4.78, 5) is 38.5. The monoisotopic (exact) mass is 537 g/mol. The van der Waals surface area contributed by atoms with Crippen LogP contribution in [0.3, 0.4) is 0 Å². The van der Waals surface area contributed by atoms with Crippen LogP contribution in [0.5, 0.6) is 0 Å². The zero-order valence-electron chi connectivity index (χ0n) is 23.4. The number of aromatic nitrogens is 5. The number of aryl methyl sites for hydroxylation is 1. The normalized spacial score (nSPS) is 14.8. The quantitative estimate of drug-likeness (QED) is 0.227. The number of carbonyl (C=O) groups is 1. The molecule has 1 aliphatic rings. The first-order valence-corrected chi connectivity index (χ1v) is 16.1. The predicted octanol–water partition coefficient (Wildman–Crippen LogP) is 5.11. The van der Waals surface area contributed by atoms with Crippen LogP contribution in [0.15, 0.2) is 35.5 Å². The number of carbonyl (C=O) groups excluding carboxylic acids is 1. The molecule has 3 heterocycles. The fourth-order valence-electron chi connectivity index (χ4n) is 3.76. The number of anilines is 3. The second-order valence-corrected chi connectivity index (χ2v) is 16.4. The summed E-state index contributed by atoms with van der Waals surface area (Å²) in [5, 5.41) is 9.72. The van der Waals surface area contributed by atoms with Gasteiger partial charge in [-0.1, -0.05) is 20.8 Å². The van der Waals surface area contributed by atoms with Crippen molar-refractivity contribution in [3.8, 4) is 11.4 Å². The van der Waals surface area contributed by atoms with E-state index in [1.165, 1.54) is 4.68 Å². The van der Waals surface area contributed by atoms with Gasteiger partial charge in [-0.05, 0) is 50.4 Å². The highest BCUT2D eigenvalue weighted by molar-refractivity contribution is 6.74. The summed E-state index contributed by atoms with van der Waals surface area (Å²) in [7, 11) is -0.183. The minimum atomic E-state index is -1.82. The van der Waals surface area contributed by atoms with Crippen molar-refractivity contribution in [3.05, 3.63) is 46.6 Å². The van der Waals surface area contributed by atoms with E-state index in [1.807, 2.05) is 6.07 Å². The summed E-state index contributed by atoms with van der Waals surface area (Å²) in [6, 6.07) is 3.65.